The Balaban J connectivity index is 2.27. The van der Waals surface area contributed by atoms with Crippen LogP contribution in [-0.2, 0) is 0 Å². The van der Waals surface area contributed by atoms with Crippen LogP contribution in [0.25, 0.3) is 0 Å². The number of hydrogen-bond acceptors (Lipinski definition) is 3. The first kappa shape index (κ1) is 15.0. The van der Waals surface area contributed by atoms with E-state index in [9.17, 15) is 4.79 Å². The van der Waals surface area contributed by atoms with E-state index in [2.05, 4.69) is 5.32 Å². The minimum absolute atomic E-state index is 0.0503. The second-order valence-electron chi connectivity index (χ2n) is 4.53. The average Bonchev–Trinajstić information content (AvgIpc) is 2.91. The van der Waals surface area contributed by atoms with Crippen molar-refractivity contribution in [3.8, 4) is 0 Å². The molecule has 6 heteroatoms. The van der Waals surface area contributed by atoms with Crippen LogP contribution in [0.5, 0.6) is 0 Å². The summed E-state index contributed by atoms with van der Waals surface area (Å²) in [5.41, 5.74) is 0.518. The number of nitrogens with one attached hydrogen (secondary N) is 1. The Labute approximate surface area is 127 Å². The second-order valence-corrected chi connectivity index (χ2v) is 6.19. The predicted octanol–water partition coefficient (Wildman–Crippen LogP) is 3.15. The summed E-state index contributed by atoms with van der Waals surface area (Å²) in [6.07, 6.45) is 2.90. The van der Waals surface area contributed by atoms with E-state index in [0.29, 0.717) is 15.6 Å². The van der Waals surface area contributed by atoms with Crippen molar-refractivity contribution in [3.05, 3.63) is 27.7 Å². The molecule has 1 heterocycles. The fraction of sp³-hybridized carbons (Fsp3) is 0.462. The molecule has 0 bridgehead atoms. The highest BCUT2D eigenvalue weighted by molar-refractivity contribution is 7.98. The van der Waals surface area contributed by atoms with Crippen molar-refractivity contribution in [2.24, 2.45) is 0 Å². The maximum atomic E-state index is 12.5. The molecule has 1 N–H and O–H groups in total. The molecule has 0 aromatic heterocycles. The Kier molecular flexibility index (Phi) is 5.01. The van der Waals surface area contributed by atoms with Crippen LogP contribution in [0.15, 0.2) is 17.0 Å². The molecule has 1 aromatic carbocycles. The molecule has 1 amide bonds. The van der Waals surface area contributed by atoms with Crippen LogP contribution in [0, 0.1) is 0 Å². The van der Waals surface area contributed by atoms with Gasteiger partial charge in [-0.1, -0.05) is 23.2 Å². The molecule has 0 spiro atoms. The van der Waals surface area contributed by atoms with E-state index in [1.165, 1.54) is 11.8 Å². The molecule has 0 radical (unpaired) electrons. The molecule has 1 unspecified atom stereocenters. The summed E-state index contributed by atoms with van der Waals surface area (Å²) in [7, 11) is 1.82. The van der Waals surface area contributed by atoms with Gasteiger partial charge in [0.1, 0.15) is 0 Å². The Morgan fingerprint density at radius 2 is 2.16 bits per heavy atom. The molecule has 1 atom stereocenters. The van der Waals surface area contributed by atoms with E-state index < -0.39 is 0 Å². The molecule has 1 aliphatic rings. The van der Waals surface area contributed by atoms with Gasteiger partial charge in [0, 0.05) is 24.5 Å². The van der Waals surface area contributed by atoms with Gasteiger partial charge in [-0.3, -0.25) is 4.79 Å². The van der Waals surface area contributed by atoms with Gasteiger partial charge in [0.2, 0.25) is 0 Å². The maximum absolute atomic E-state index is 12.5. The molecule has 1 fully saturated rings. The fourth-order valence-electron chi connectivity index (χ4n) is 2.18. The third-order valence-corrected chi connectivity index (χ3v) is 4.89. The molecule has 104 valence electrons. The topological polar surface area (TPSA) is 32.3 Å². The third-order valence-electron chi connectivity index (χ3n) is 3.37. The largest absolute Gasteiger partial charge is 0.337 e. The number of rotatable bonds is 3. The normalized spacial score (nSPS) is 18.6. The minimum atomic E-state index is -0.0503. The van der Waals surface area contributed by atoms with Gasteiger partial charge in [0.05, 0.1) is 15.6 Å². The number of carbonyl (C=O) groups excluding carboxylic acids is 1. The number of hydrogen-bond donors (Lipinski definition) is 1. The molecule has 1 aromatic rings. The molecule has 2 rings (SSSR count). The van der Waals surface area contributed by atoms with Crippen molar-refractivity contribution in [2.45, 2.75) is 17.4 Å². The SMILES string of the molecule is CSc1cc(C(=O)N(C)C2CCNC2)c(Cl)cc1Cl. The van der Waals surface area contributed by atoms with E-state index >= 15 is 0 Å². The molecular formula is C13H16Cl2N2OS. The van der Waals surface area contributed by atoms with Gasteiger partial charge >= 0.3 is 0 Å². The zero-order valence-electron chi connectivity index (χ0n) is 10.9. The fourth-order valence-corrected chi connectivity index (χ4v) is 3.36. The first-order valence-corrected chi connectivity index (χ1v) is 8.03. The predicted molar refractivity (Wildman–Crippen MR) is 81.6 cm³/mol. The summed E-state index contributed by atoms with van der Waals surface area (Å²) in [5.74, 6) is -0.0503. The average molecular weight is 319 g/mol. The molecule has 3 nitrogen and oxygen atoms in total. The zero-order chi connectivity index (χ0) is 14.0. The monoisotopic (exact) mass is 318 g/mol. The van der Waals surface area contributed by atoms with Gasteiger partial charge in [0.25, 0.3) is 5.91 Å². The summed E-state index contributed by atoms with van der Waals surface area (Å²) in [4.78, 5) is 15.1. The highest BCUT2D eigenvalue weighted by atomic mass is 35.5. The first-order valence-electron chi connectivity index (χ1n) is 6.05. The summed E-state index contributed by atoms with van der Waals surface area (Å²) < 4.78 is 0. The van der Waals surface area contributed by atoms with Gasteiger partial charge < -0.3 is 10.2 Å². The van der Waals surface area contributed by atoms with Crippen molar-refractivity contribution >= 4 is 40.9 Å². The highest BCUT2D eigenvalue weighted by Gasteiger charge is 2.25. The maximum Gasteiger partial charge on any atom is 0.255 e. The number of amides is 1. The molecule has 1 saturated heterocycles. The Bertz CT molecular complexity index is 490. The number of nitrogens with zero attached hydrogens (tertiary/aromatic N) is 1. The van der Waals surface area contributed by atoms with Crippen LogP contribution in [0.4, 0.5) is 0 Å². The van der Waals surface area contributed by atoms with Crippen LogP contribution in [-0.4, -0.2) is 43.2 Å². The number of likely N-dealkylation sites (N-methyl/N-ethyl adjacent to an activating group) is 1. The van der Waals surface area contributed by atoms with E-state index in [1.807, 2.05) is 13.3 Å². The van der Waals surface area contributed by atoms with Crippen LogP contribution < -0.4 is 5.32 Å². The Hall–Kier alpha value is -0.420. The smallest absolute Gasteiger partial charge is 0.255 e. The van der Waals surface area contributed by atoms with E-state index in [0.717, 1.165) is 24.4 Å². The second kappa shape index (κ2) is 6.35. The highest BCUT2D eigenvalue weighted by Crippen LogP contribution is 2.32. The van der Waals surface area contributed by atoms with Gasteiger partial charge in [-0.15, -0.1) is 11.8 Å². The van der Waals surface area contributed by atoms with Crippen LogP contribution in [0.3, 0.4) is 0 Å². The zero-order valence-corrected chi connectivity index (χ0v) is 13.2. The number of thioether (sulfide) groups is 1. The van der Waals surface area contributed by atoms with E-state index in [1.54, 1.807) is 17.0 Å². The quantitative estimate of drug-likeness (QED) is 0.869. The van der Waals surface area contributed by atoms with Gasteiger partial charge in [-0.05, 0) is 31.4 Å². The van der Waals surface area contributed by atoms with Crippen LogP contribution >= 0.6 is 35.0 Å². The minimum Gasteiger partial charge on any atom is -0.337 e. The lowest BCUT2D eigenvalue weighted by Gasteiger charge is -2.24. The van der Waals surface area contributed by atoms with Crippen molar-refractivity contribution in [1.82, 2.24) is 10.2 Å². The molecule has 1 aliphatic heterocycles. The van der Waals surface area contributed by atoms with Gasteiger partial charge in [-0.25, -0.2) is 0 Å². The van der Waals surface area contributed by atoms with Crippen LogP contribution in [0.1, 0.15) is 16.8 Å². The van der Waals surface area contributed by atoms with E-state index in [4.69, 9.17) is 23.2 Å². The Morgan fingerprint density at radius 1 is 1.42 bits per heavy atom. The van der Waals surface area contributed by atoms with Crippen molar-refractivity contribution in [1.29, 1.82) is 0 Å². The standard InChI is InChI=1S/C13H16Cl2N2OS/c1-17(8-3-4-16-7-8)13(18)9-5-12(19-2)11(15)6-10(9)14/h5-6,8,16H,3-4,7H2,1-2H3. The molecule has 0 aliphatic carbocycles. The summed E-state index contributed by atoms with van der Waals surface area (Å²) in [6, 6.07) is 3.65. The number of benzene rings is 1. The lowest BCUT2D eigenvalue weighted by Crippen LogP contribution is -2.38. The molecule has 19 heavy (non-hydrogen) atoms. The van der Waals surface area contributed by atoms with Crippen molar-refractivity contribution in [3.63, 3.8) is 0 Å². The lowest BCUT2D eigenvalue weighted by atomic mass is 10.1. The summed E-state index contributed by atoms with van der Waals surface area (Å²) in [6.45, 7) is 1.79. The Morgan fingerprint density at radius 3 is 2.74 bits per heavy atom. The first-order chi connectivity index (χ1) is 9.04. The van der Waals surface area contributed by atoms with Crippen LogP contribution in [0.2, 0.25) is 10.0 Å². The summed E-state index contributed by atoms with van der Waals surface area (Å²) >= 11 is 13.7. The molecule has 0 saturated carbocycles. The van der Waals surface area contributed by atoms with E-state index in [-0.39, 0.29) is 11.9 Å². The lowest BCUT2D eigenvalue weighted by molar-refractivity contribution is 0.0743. The van der Waals surface area contributed by atoms with Crippen molar-refractivity contribution in [2.75, 3.05) is 26.4 Å². The summed E-state index contributed by atoms with van der Waals surface area (Å²) in [5, 5.41) is 4.24. The third kappa shape index (κ3) is 3.19. The van der Waals surface area contributed by atoms with Crippen molar-refractivity contribution < 1.29 is 4.79 Å². The van der Waals surface area contributed by atoms with Gasteiger partial charge in [0.15, 0.2) is 0 Å². The molecular weight excluding hydrogens is 303 g/mol. The number of carbonyl (C=O) groups is 1. The number of halogens is 2. The van der Waals surface area contributed by atoms with Gasteiger partial charge in [-0.2, -0.15) is 0 Å².